The normalized spacial score (nSPS) is 35.3. The number of ether oxygens (including phenoxy) is 1. The lowest BCUT2D eigenvalue weighted by atomic mass is 9.57. The number of hydrogen-bond donors (Lipinski definition) is 3. The van der Waals surface area contributed by atoms with E-state index in [-0.39, 0.29) is 35.3 Å². The average molecular weight is 396 g/mol. The summed E-state index contributed by atoms with van der Waals surface area (Å²) >= 11 is 0. The number of benzene rings is 1. The third-order valence-electron chi connectivity index (χ3n) is 6.90. The van der Waals surface area contributed by atoms with E-state index in [1.54, 1.807) is 12.1 Å². The number of fused-ring (bicyclic) bond motifs is 4. The topological polar surface area (TPSA) is 122 Å². The van der Waals surface area contributed by atoms with Gasteiger partial charge in [0.1, 0.15) is 11.5 Å². The first kappa shape index (κ1) is 17.9. The van der Waals surface area contributed by atoms with E-state index in [2.05, 4.69) is 10.6 Å². The van der Waals surface area contributed by atoms with Crippen LogP contribution in [0.15, 0.2) is 29.8 Å². The standard InChI is InChI=1S/C21H20N2O6/c1-29-8-2-5-14(24)12(6-8)15-9-3-4-10-16(20(27)22-18(10)25)11(9)7-13-17(15)21(28)23-19(13)26/h2-3,5-6,10-11,13,15-17,24H,4,7H2,1H3,(H,22,25,27)(H,23,26,28). The highest BCUT2D eigenvalue weighted by Crippen LogP contribution is 2.57. The second-order valence-corrected chi connectivity index (χ2v) is 8.16. The molecule has 4 amide bonds. The number of hydrogen-bond acceptors (Lipinski definition) is 6. The molecule has 0 radical (unpaired) electrons. The number of phenols is 1. The SMILES string of the molecule is COc1ccc(O)c(C2C3=CCC4C(=O)NC(=O)C4C3CC3C(=O)NC(=O)C32)c1. The summed E-state index contributed by atoms with van der Waals surface area (Å²) in [7, 11) is 1.51. The minimum Gasteiger partial charge on any atom is -0.508 e. The summed E-state index contributed by atoms with van der Waals surface area (Å²) in [6, 6.07) is 4.78. The lowest BCUT2D eigenvalue weighted by Gasteiger charge is -2.44. The molecule has 2 heterocycles. The van der Waals surface area contributed by atoms with Gasteiger partial charge in [0.2, 0.25) is 23.6 Å². The second kappa shape index (κ2) is 6.17. The summed E-state index contributed by atoms with van der Waals surface area (Å²) in [6.45, 7) is 0. The van der Waals surface area contributed by atoms with Gasteiger partial charge in [0.25, 0.3) is 0 Å². The van der Waals surface area contributed by atoms with Crippen molar-refractivity contribution in [3.05, 3.63) is 35.4 Å². The Hall–Kier alpha value is -3.16. The van der Waals surface area contributed by atoms with Crippen molar-refractivity contribution in [1.29, 1.82) is 0 Å². The molecule has 6 atom stereocenters. The minimum absolute atomic E-state index is 0.00248. The van der Waals surface area contributed by atoms with E-state index < -0.39 is 29.6 Å². The van der Waals surface area contributed by atoms with Crippen LogP contribution in [0.5, 0.6) is 11.5 Å². The number of nitrogens with one attached hydrogen (secondary N) is 2. The van der Waals surface area contributed by atoms with Gasteiger partial charge in [-0.05, 0) is 37.0 Å². The monoisotopic (exact) mass is 396 g/mol. The molecule has 3 N–H and O–H groups in total. The fraction of sp³-hybridized carbons (Fsp3) is 0.429. The number of phenolic OH excluding ortho intramolecular Hbond substituents is 1. The zero-order valence-electron chi connectivity index (χ0n) is 15.7. The Morgan fingerprint density at radius 1 is 0.931 bits per heavy atom. The second-order valence-electron chi connectivity index (χ2n) is 8.16. The summed E-state index contributed by atoms with van der Waals surface area (Å²) in [4.78, 5) is 49.9. The molecule has 1 aromatic rings. The van der Waals surface area contributed by atoms with E-state index in [9.17, 15) is 24.3 Å². The van der Waals surface area contributed by atoms with E-state index in [4.69, 9.17) is 4.74 Å². The molecule has 8 heteroatoms. The first-order valence-corrected chi connectivity index (χ1v) is 9.67. The summed E-state index contributed by atoms with van der Waals surface area (Å²) in [6.07, 6.45) is 2.64. The molecule has 1 saturated carbocycles. The van der Waals surface area contributed by atoms with Gasteiger partial charge < -0.3 is 9.84 Å². The third-order valence-corrected chi connectivity index (χ3v) is 6.90. The molecule has 0 spiro atoms. The van der Waals surface area contributed by atoms with Crippen LogP contribution in [0.3, 0.4) is 0 Å². The van der Waals surface area contributed by atoms with Gasteiger partial charge in [-0.15, -0.1) is 0 Å². The largest absolute Gasteiger partial charge is 0.508 e. The Kier molecular flexibility index (Phi) is 3.81. The Bertz CT molecular complexity index is 999. The van der Waals surface area contributed by atoms with E-state index in [0.29, 0.717) is 24.2 Å². The molecular formula is C21H20N2O6. The van der Waals surface area contributed by atoms with Gasteiger partial charge in [-0.1, -0.05) is 11.6 Å². The first-order valence-electron chi connectivity index (χ1n) is 9.67. The lowest BCUT2D eigenvalue weighted by molar-refractivity contribution is -0.128. The van der Waals surface area contributed by atoms with Crippen molar-refractivity contribution in [2.75, 3.05) is 7.11 Å². The molecule has 3 fully saturated rings. The smallest absolute Gasteiger partial charge is 0.231 e. The molecule has 8 nitrogen and oxygen atoms in total. The van der Waals surface area contributed by atoms with Crippen LogP contribution in [-0.4, -0.2) is 35.8 Å². The van der Waals surface area contributed by atoms with Crippen LogP contribution in [0, 0.1) is 29.6 Å². The zero-order valence-corrected chi connectivity index (χ0v) is 15.7. The van der Waals surface area contributed by atoms with E-state index >= 15 is 0 Å². The number of imide groups is 2. The number of carbonyl (C=O) groups is 4. The predicted octanol–water partition coefficient (Wildman–Crippen LogP) is 0.612. The summed E-state index contributed by atoms with van der Waals surface area (Å²) in [5.41, 5.74) is 1.33. The number of rotatable bonds is 2. The maximum Gasteiger partial charge on any atom is 0.231 e. The van der Waals surface area contributed by atoms with Crippen LogP contribution in [0.2, 0.25) is 0 Å². The van der Waals surface area contributed by atoms with E-state index in [0.717, 1.165) is 5.57 Å². The fourth-order valence-corrected chi connectivity index (χ4v) is 5.67. The van der Waals surface area contributed by atoms with Crippen molar-refractivity contribution >= 4 is 23.6 Å². The Morgan fingerprint density at radius 2 is 1.62 bits per heavy atom. The number of allylic oxidation sites excluding steroid dienone is 2. The van der Waals surface area contributed by atoms with Gasteiger partial charge in [-0.3, -0.25) is 29.8 Å². The summed E-state index contributed by atoms with van der Waals surface area (Å²) in [5, 5.41) is 15.4. The van der Waals surface area contributed by atoms with Crippen molar-refractivity contribution in [2.24, 2.45) is 29.6 Å². The number of methoxy groups -OCH3 is 1. The van der Waals surface area contributed by atoms with Gasteiger partial charge in [-0.2, -0.15) is 0 Å². The van der Waals surface area contributed by atoms with Gasteiger partial charge >= 0.3 is 0 Å². The number of aromatic hydroxyl groups is 1. The van der Waals surface area contributed by atoms with E-state index in [1.807, 2.05) is 6.08 Å². The number of carbonyl (C=O) groups excluding carboxylic acids is 4. The molecule has 2 aliphatic carbocycles. The average Bonchev–Trinajstić information content (AvgIpc) is 3.16. The molecule has 4 aliphatic rings. The van der Waals surface area contributed by atoms with Crippen LogP contribution in [0.25, 0.3) is 0 Å². The first-order chi connectivity index (χ1) is 13.9. The third kappa shape index (κ3) is 2.44. The zero-order chi connectivity index (χ0) is 20.4. The summed E-state index contributed by atoms with van der Waals surface area (Å²) in [5.74, 6) is -4.02. The van der Waals surface area contributed by atoms with Crippen molar-refractivity contribution in [1.82, 2.24) is 10.6 Å². The summed E-state index contributed by atoms with van der Waals surface area (Å²) < 4.78 is 5.29. The fourth-order valence-electron chi connectivity index (χ4n) is 5.67. The molecular weight excluding hydrogens is 376 g/mol. The molecule has 2 aliphatic heterocycles. The Morgan fingerprint density at radius 3 is 2.34 bits per heavy atom. The van der Waals surface area contributed by atoms with Gasteiger partial charge in [0.05, 0.1) is 30.8 Å². The quantitative estimate of drug-likeness (QED) is 0.497. The van der Waals surface area contributed by atoms with E-state index in [1.165, 1.54) is 13.2 Å². The number of amides is 4. The lowest BCUT2D eigenvalue weighted by Crippen LogP contribution is -2.42. The van der Waals surface area contributed by atoms with Crippen molar-refractivity contribution in [3.63, 3.8) is 0 Å². The molecule has 150 valence electrons. The molecule has 2 saturated heterocycles. The van der Waals surface area contributed by atoms with Gasteiger partial charge in [-0.25, -0.2) is 0 Å². The van der Waals surface area contributed by atoms with Crippen LogP contribution in [0.4, 0.5) is 0 Å². The van der Waals surface area contributed by atoms with Crippen molar-refractivity contribution in [3.8, 4) is 11.5 Å². The van der Waals surface area contributed by atoms with Crippen LogP contribution in [-0.2, 0) is 19.2 Å². The predicted molar refractivity (Wildman–Crippen MR) is 98.5 cm³/mol. The maximum atomic E-state index is 12.7. The molecule has 0 bridgehead atoms. The van der Waals surface area contributed by atoms with Crippen LogP contribution < -0.4 is 15.4 Å². The van der Waals surface area contributed by atoms with Crippen molar-refractivity contribution in [2.45, 2.75) is 18.8 Å². The molecule has 0 aromatic heterocycles. The van der Waals surface area contributed by atoms with Gasteiger partial charge in [0.15, 0.2) is 0 Å². The highest BCUT2D eigenvalue weighted by Gasteiger charge is 2.59. The van der Waals surface area contributed by atoms with Crippen LogP contribution in [0.1, 0.15) is 24.3 Å². The highest BCUT2D eigenvalue weighted by atomic mass is 16.5. The Balaban J connectivity index is 1.68. The highest BCUT2D eigenvalue weighted by molar-refractivity contribution is 6.07. The molecule has 5 rings (SSSR count). The molecule has 29 heavy (non-hydrogen) atoms. The maximum absolute atomic E-state index is 12.7. The molecule has 6 unspecified atom stereocenters. The minimum atomic E-state index is -0.667. The van der Waals surface area contributed by atoms with Crippen molar-refractivity contribution < 1.29 is 29.0 Å². The van der Waals surface area contributed by atoms with Gasteiger partial charge in [0, 0.05) is 11.5 Å². The van der Waals surface area contributed by atoms with Crippen LogP contribution >= 0.6 is 0 Å². The molecule has 1 aromatic carbocycles. The Labute approximate surface area is 166 Å².